The molecule has 156 valence electrons. The third kappa shape index (κ3) is 4.36. The Morgan fingerprint density at radius 1 is 1.00 bits per heavy atom. The van der Waals surface area contributed by atoms with Crippen LogP contribution < -0.4 is 4.74 Å². The minimum absolute atomic E-state index is 0.217. The normalized spacial score (nSPS) is 10.8. The maximum atomic E-state index is 12.8. The van der Waals surface area contributed by atoms with Gasteiger partial charge < -0.3 is 13.9 Å². The SMILES string of the molecule is CCOC(=O)c1c(-c2ccccc2)oc2cc(Br)c(OC(=O)c3ccc(Cl)cc3)cc12. The highest BCUT2D eigenvalue weighted by atomic mass is 79.9. The Bertz CT molecular complexity index is 1260. The lowest BCUT2D eigenvalue weighted by atomic mass is 10.1. The third-order valence-electron chi connectivity index (χ3n) is 4.54. The van der Waals surface area contributed by atoms with Crippen LogP contribution in [0.15, 0.2) is 75.6 Å². The minimum Gasteiger partial charge on any atom is -0.462 e. The van der Waals surface area contributed by atoms with Gasteiger partial charge in [-0.05, 0) is 59.3 Å². The molecule has 7 heteroatoms. The Labute approximate surface area is 191 Å². The van der Waals surface area contributed by atoms with Crippen LogP contribution in [0.5, 0.6) is 5.75 Å². The number of hydrogen-bond donors (Lipinski definition) is 0. The molecule has 3 aromatic carbocycles. The number of furan rings is 1. The van der Waals surface area contributed by atoms with E-state index >= 15 is 0 Å². The fourth-order valence-electron chi connectivity index (χ4n) is 3.12. The van der Waals surface area contributed by atoms with Crippen LogP contribution in [0.3, 0.4) is 0 Å². The summed E-state index contributed by atoms with van der Waals surface area (Å²) in [5, 5.41) is 1.00. The molecule has 0 radical (unpaired) electrons. The molecule has 0 saturated carbocycles. The number of rotatable bonds is 5. The van der Waals surface area contributed by atoms with Gasteiger partial charge in [-0.1, -0.05) is 41.9 Å². The van der Waals surface area contributed by atoms with Crippen molar-refractivity contribution in [1.82, 2.24) is 0 Å². The summed E-state index contributed by atoms with van der Waals surface area (Å²) in [6, 6.07) is 18.9. The molecule has 0 atom stereocenters. The third-order valence-corrected chi connectivity index (χ3v) is 5.41. The van der Waals surface area contributed by atoms with Crippen LogP contribution >= 0.6 is 27.5 Å². The number of hydrogen-bond acceptors (Lipinski definition) is 5. The van der Waals surface area contributed by atoms with Crippen molar-refractivity contribution in [2.75, 3.05) is 6.61 Å². The van der Waals surface area contributed by atoms with Crippen molar-refractivity contribution in [1.29, 1.82) is 0 Å². The van der Waals surface area contributed by atoms with Gasteiger partial charge in [0.1, 0.15) is 22.7 Å². The van der Waals surface area contributed by atoms with Gasteiger partial charge in [0, 0.05) is 16.0 Å². The maximum Gasteiger partial charge on any atom is 0.343 e. The van der Waals surface area contributed by atoms with Gasteiger partial charge >= 0.3 is 11.9 Å². The average Bonchev–Trinajstić information content (AvgIpc) is 3.13. The standard InChI is InChI=1S/C24H16BrClO5/c1-2-29-24(28)21-17-12-20(31-23(27)15-8-10-16(26)11-9-15)18(25)13-19(17)30-22(21)14-6-4-3-5-7-14/h3-13H,2H2,1H3. The number of carbonyl (C=O) groups is 2. The van der Waals surface area contributed by atoms with Crippen LogP contribution in [0.25, 0.3) is 22.3 Å². The zero-order valence-electron chi connectivity index (χ0n) is 16.4. The number of benzene rings is 3. The molecule has 0 fully saturated rings. The predicted molar refractivity (Wildman–Crippen MR) is 122 cm³/mol. The van der Waals surface area contributed by atoms with E-state index in [4.69, 9.17) is 25.5 Å². The van der Waals surface area contributed by atoms with Crippen molar-refractivity contribution in [3.63, 3.8) is 0 Å². The predicted octanol–water partition coefficient (Wildman–Crippen LogP) is 6.91. The molecule has 0 spiro atoms. The Morgan fingerprint density at radius 3 is 2.39 bits per heavy atom. The summed E-state index contributed by atoms with van der Waals surface area (Å²) in [4.78, 5) is 25.3. The molecule has 0 unspecified atom stereocenters. The summed E-state index contributed by atoms with van der Waals surface area (Å²) in [6.45, 7) is 1.95. The number of ether oxygens (including phenoxy) is 2. The van der Waals surface area contributed by atoms with E-state index in [-0.39, 0.29) is 17.9 Å². The molecule has 0 amide bonds. The molecular formula is C24H16BrClO5. The second-order valence-electron chi connectivity index (χ2n) is 6.57. The van der Waals surface area contributed by atoms with Crippen molar-refractivity contribution in [3.05, 3.63) is 87.4 Å². The molecular weight excluding hydrogens is 484 g/mol. The summed E-state index contributed by atoms with van der Waals surface area (Å²) < 4.78 is 17.3. The van der Waals surface area contributed by atoms with Crippen LogP contribution in [0, 0.1) is 0 Å². The second kappa shape index (κ2) is 8.96. The Kier molecular flexibility index (Phi) is 6.11. The van der Waals surface area contributed by atoms with Crippen LogP contribution in [0.1, 0.15) is 27.6 Å². The first-order chi connectivity index (χ1) is 15.0. The fourth-order valence-corrected chi connectivity index (χ4v) is 3.65. The van der Waals surface area contributed by atoms with E-state index in [2.05, 4.69) is 15.9 Å². The number of esters is 2. The first kappa shape index (κ1) is 21.2. The smallest absolute Gasteiger partial charge is 0.343 e. The highest BCUT2D eigenvalue weighted by Gasteiger charge is 2.25. The quantitative estimate of drug-likeness (QED) is 0.220. The largest absolute Gasteiger partial charge is 0.462 e. The highest BCUT2D eigenvalue weighted by Crippen LogP contribution is 2.39. The van der Waals surface area contributed by atoms with E-state index in [0.717, 1.165) is 5.56 Å². The van der Waals surface area contributed by atoms with Crippen LogP contribution in [-0.4, -0.2) is 18.5 Å². The monoisotopic (exact) mass is 498 g/mol. The number of carbonyl (C=O) groups excluding carboxylic acids is 2. The Balaban J connectivity index is 1.81. The van der Waals surface area contributed by atoms with Gasteiger partial charge in [-0.2, -0.15) is 0 Å². The van der Waals surface area contributed by atoms with Crippen LogP contribution in [0.2, 0.25) is 5.02 Å². The van der Waals surface area contributed by atoms with E-state index in [1.807, 2.05) is 30.3 Å². The molecule has 0 aliphatic rings. The molecule has 4 aromatic rings. The molecule has 5 nitrogen and oxygen atoms in total. The minimum atomic E-state index is -0.554. The van der Waals surface area contributed by atoms with Crippen molar-refractivity contribution in [2.24, 2.45) is 0 Å². The van der Waals surface area contributed by atoms with E-state index in [1.165, 1.54) is 0 Å². The second-order valence-corrected chi connectivity index (χ2v) is 7.86. The molecule has 1 aromatic heterocycles. The van der Waals surface area contributed by atoms with Gasteiger partial charge in [0.25, 0.3) is 0 Å². The summed E-state index contributed by atoms with van der Waals surface area (Å²) in [7, 11) is 0. The Morgan fingerprint density at radius 2 is 1.71 bits per heavy atom. The molecule has 4 rings (SSSR count). The van der Waals surface area contributed by atoms with Crippen molar-refractivity contribution in [2.45, 2.75) is 6.92 Å². The lowest BCUT2D eigenvalue weighted by Gasteiger charge is -2.07. The first-order valence-corrected chi connectivity index (χ1v) is 10.6. The maximum absolute atomic E-state index is 12.8. The van der Waals surface area contributed by atoms with E-state index in [0.29, 0.717) is 31.8 Å². The molecule has 0 saturated heterocycles. The zero-order valence-corrected chi connectivity index (χ0v) is 18.7. The van der Waals surface area contributed by atoms with Gasteiger partial charge in [-0.15, -0.1) is 0 Å². The first-order valence-electron chi connectivity index (χ1n) is 9.44. The zero-order chi connectivity index (χ0) is 22.0. The van der Waals surface area contributed by atoms with Gasteiger partial charge in [0.15, 0.2) is 0 Å². The van der Waals surface area contributed by atoms with Crippen LogP contribution in [-0.2, 0) is 4.74 Å². The van der Waals surface area contributed by atoms with Crippen molar-refractivity contribution < 1.29 is 23.5 Å². The van der Waals surface area contributed by atoms with Crippen LogP contribution in [0.4, 0.5) is 0 Å². The van der Waals surface area contributed by atoms with Gasteiger partial charge in [-0.3, -0.25) is 0 Å². The number of fused-ring (bicyclic) bond motifs is 1. The molecule has 0 aliphatic carbocycles. The summed E-state index contributed by atoms with van der Waals surface area (Å²) >= 11 is 9.29. The summed E-state index contributed by atoms with van der Waals surface area (Å²) in [5.41, 5.74) is 1.82. The summed E-state index contributed by atoms with van der Waals surface area (Å²) in [5.74, 6) is -0.431. The molecule has 31 heavy (non-hydrogen) atoms. The lowest BCUT2D eigenvalue weighted by molar-refractivity contribution is 0.0528. The Hall–Kier alpha value is -3.09. The van der Waals surface area contributed by atoms with Gasteiger partial charge in [-0.25, -0.2) is 9.59 Å². The van der Waals surface area contributed by atoms with Gasteiger partial charge in [0.05, 0.1) is 16.6 Å². The van der Waals surface area contributed by atoms with Crippen molar-refractivity contribution in [3.8, 4) is 17.1 Å². The lowest BCUT2D eigenvalue weighted by Crippen LogP contribution is -2.09. The van der Waals surface area contributed by atoms with E-state index < -0.39 is 11.9 Å². The molecule has 0 N–H and O–H groups in total. The molecule has 0 bridgehead atoms. The number of halogens is 2. The molecule has 0 aliphatic heterocycles. The summed E-state index contributed by atoms with van der Waals surface area (Å²) in [6.07, 6.45) is 0. The molecule has 1 heterocycles. The fraction of sp³-hybridized carbons (Fsp3) is 0.0833. The van der Waals surface area contributed by atoms with Gasteiger partial charge in [0.2, 0.25) is 0 Å². The van der Waals surface area contributed by atoms with E-state index in [1.54, 1.807) is 43.3 Å². The highest BCUT2D eigenvalue weighted by molar-refractivity contribution is 9.10. The van der Waals surface area contributed by atoms with Crippen molar-refractivity contribution >= 4 is 50.4 Å². The average molecular weight is 500 g/mol. The topological polar surface area (TPSA) is 65.7 Å². The van der Waals surface area contributed by atoms with E-state index in [9.17, 15) is 9.59 Å².